The number of piperidine rings is 3. The lowest BCUT2D eigenvalue weighted by atomic mass is 9.64. The maximum absolute atomic E-state index is 9.99. The van der Waals surface area contributed by atoms with Crippen molar-refractivity contribution in [3.63, 3.8) is 0 Å². The van der Waals surface area contributed by atoms with Crippen LogP contribution in [0.2, 0.25) is 0 Å². The lowest BCUT2D eigenvalue weighted by Crippen LogP contribution is -2.60. The summed E-state index contributed by atoms with van der Waals surface area (Å²) in [5.74, 6) is 0.965. The first-order chi connectivity index (χ1) is 10.8. The van der Waals surface area contributed by atoms with Crippen LogP contribution in [0.4, 0.5) is 0 Å². The summed E-state index contributed by atoms with van der Waals surface area (Å²) in [5, 5.41) is 11.4. The molecule has 0 spiro atoms. The molecular weight excluding hydrogens is 272 g/mol. The molecule has 0 amide bonds. The zero-order chi connectivity index (χ0) is 14.8. The van der Waals surface area contributed by atoms with Crippen LogP contribution in [0.15, 0.2) is 35.9 Å². The molecule has 1 aromatic carbocycles. The number of aliphatic hydroxyl groups is 1. The summed E-state index contributed by atoms with van der Waals surface area (Å²) in [6, 6.07) is 9.68. The minimum atomic E-state index is 0.313. The molecule has 4 aliphatic rings. The fourth-order valence-corrected chi connectivity index (χ4v) is 5.32. The number of hydrogen-bond donors (Lipinski definition) is 2. The molecule has 4 bridgehead atoms. The van der Waals surface area contributed by atoms with E-state index in [9.17, 15) is 5.11 Å². The lowest BCUT2D eigenvalue weighted by molar-refractivity contribution is -0.0503. The molecule has 4 aliphatic heterocycles. The van der Waals surface area contributed by atoms with Crippen molar-refractivity contribution in [2.45, 2.75) is 31.8 Å². The molecular formula is C19H22N2O. The van der Waals surface area contributed by atoms with E-state index in [4.69, 9.17) is 0 Å². The monoisotopic (exact) mass is 294 g/mol. The molecule has 2 aromatic rings. The van der Waals surface area contributed by atoms with Gasteiger partial charge in [0, 0.05) is 41.7 Å². The average molecular weight is 294 g/mol. The highest BCUT2D eigenvalue weighted by Gasteiger charge is 2.52. The normalized spacial score (nSPS) is 37.7. The Bertz CT molecular complexity index is 775. The molecule has 22 heavy (non-hydrogen) atoms. The summed E-state index contributed by atoms with van der Waals surface area (Å²) in [5.41, 5.74) is 5.74. The molecule has 0 aliphatic carbocycles. The Balaban J connectivity index is 1.69. The van der Waals surface area contributed by atoms with E-state index in [0.29, 0.717) is 30.5 Å². The number of aliphatic hydroxyl groups excluding tert-OH is 1. The Hall–Kier alpha value is -1.58. The Morgan fingerprint density at radius 3 is 3.05 bits per heavy atom. The van der Waals surface area contributed by atoms with Gasteiger partial charge in [0.05, 0.1) is 6.04 Å². The number of rotatable bonds is 1. The number of benzene rings is 1. The molecule has 2 N–H and O–H groups in total. The third-order valence-electron chi connectivity index (χ3n) is 6.33. The Morgan fingerprint density at radius 1 is 1.36 bits per heavy atom. The Morgan fingerprint density at radius 2 is 2.23 bits per heavy atom. The van der Waals surface area contributed by atoms with Gasteiger partial charge in [-0.15, -0.1) is 0 Å². The number of aromatic amines is 1. The molecule has 3 heteroatoms. The van der Waals surface area contributed by atoms with Gasteiger partial charge in [-0.3, -0.25) is 4.90 Å². The lowest BCUT2D eigenvalue weighted by Gasteiger charge is -2.58. The van der Waals surface area contributed by atoms with Gasteiger partial charge in [-0.25, -0.2) is 0 Å². The van der Waals surface area contributed by atoms with Crippen LogP contribution < -0.4 is 0 Å². The highest BCUT2D eigenvalue weighted by Crippen LogP contribution is 2.53. The number of nitrogens with zero attached hydrogens (tertiary/aromatic N) is 1. The van der Waals surface area contributed by atoms with Crippen LogP contribution in [0.25, 0.3) is 10.9 Å². The Labute approximate surface area is 130 Å². The summed E-state index contributed by atoms with van der Waals surface area (Å²) >= 11 is 0. The zero-order valence-corrected chi connectivity index (χ0v) is 12.9. The van der Waals surface area contributed by atoms with Crippen molar-refractivity contribution in [3.05, 3.63) is 47.2 Å². The summed E-state index contributed by atoms with van der Waals surface area (Å²) in [6.07, 6.45) is 4.51. The highest BCUT2D eigenvalue weighted by molar-refractivity contribution is 5.85. The largest absolute Gasteiger partial charge is 0.396 e. The number of aromatic nitrogens is 1. The van der Waals surface area contributed by atoms with Crippen LogP contribution in [-0.4, -0.2) is 34.2 Å². The molecule has 3 nitrogen and oxygen atoms in total. The number of fused-ring (bicyclic) bond motifs is 4. The summed E-state index contributed by atoms with van der Waals surface area (Å²) in [6.45, 7) is 3.55. The van der Waals surface area contributed by atoms with E-state index in [-0.39, 0.29) is 0 Å². The van der Waals surface area contributed by atoms with Gasteiger partial charge in [0.2, 0.25) is 0 Å². The number of allylic oxidation sites excluding steroid dienone is 1. The van der Waals surface area contributed by atoms with Crippen LogP contribution in [0.3, 0.4) is 0 Å². The molecule has 3 unspecified atom stereocenters. The first-order valence-electron chi connectivity index (χ1n) is 8.43. The van der Waals surface area contributed by atoms with Crippen molar-refractivity contribution in [2.24, 2.45) is 11.8 Å². The van der Waals surface area contributed by atoms with Crippen molar-refractivity contribution in [1.82, 2.24) is 9.88 Å². The third kappa shape index (κ3) is 1.48. The van der Waals surface area contributed by atoms with E-state index in [1.165, 1.54) is 27.7 Å². The number of para-hydroxylation sites is 1. The Kier molecular flexibility index (Phi) is 2.62. The van der Waals surface area contributed by atoms with E-state index in [1.807, 2.05) is 0 Å². The van der Waals surface area contributed by atoms with Crippen LogP contribution in [0.5, 0.6) is 0 Å². The predicted octanol–water partition coefficient (Wildman–Crippen LogP) is 3.02. The topological polar surface area (TPSA) is 39.3 Å². The van der Waals surface area contributed by atoms with Gasteiger partial charge >= 0.3 is 0 Å². The first-order valence-corrected chi connectivity index (χ1v) is 8.43. The van der Waals surface area contributed by atoms with Gasteiger partial charge in [-0.05, 0) is 37.3 Å². The van der Waals surface area contributed by atoms with Gasteiger partial charge < -0.3 is 10.1 Å². The van der Waals surface area contributed by atoms with E-state index in [0.717, 1.165) is 19.4 Å². The second kappa shape index (κ2) is 4.46. The van der Waals surface area contributed by atoms with Gasteiger partial charge in [0.1, 0.15) is 0 Å². The minimum absolute atomic E-state index is 0.313. The minimum Gasteiger partial charge on any atom is -0.396 e. The van der Waals surface area contributed by atoms with E-state index in [1.54, 1.807) is 0 Å². The molecule has 3 fully saturated rings. The van der Waals surface area contributed by atoms with E-state index >= 15 is 0 Å². The summed E-state index contributed by atoms with van der Waals surface area (Å²) in [7, 11) is 0. The van der Waals surface area contributed by atoms with Crippen molar-refractivity contribution in [2.75, 3.05) is 13.2 Å². The van der Waals surface area contributed by atoms with Crippen molar-refractivity contribution in [3.8, 4) is 0 Å². The second-order valence-corrected chi connectivity index (χ2v) is 7.07. The van der Waals surface area contributed by atoms with Crippen LogP contribution in [0.1, 0.15) is 30.6 Å². The van der Waals surface area contributed by atoms with Gasteiger partial charge in [-0.1, -0.05) is 29.8 Å². The zero-order valence-electron chi connectivity index (χ0n) is 12.9. The number of H-pyrrole nitrogens is 1. The van der Waals surface area contributed by atoms with Gasteiger partial charge in [0.25, 0.3) is 0 Å². The first kappa shape index (κ1) is 12.9. The van der Waals surface area contributed by atoms with Crippen molar-refractivity contribution in [1.29, 1.82) is 0 Å². The standard InChI is InChI=1S/C19H22N2O/c1-2-11-9-21-17-8-14-12-5-3-4-6-16(12)20-19(14)18(21)7-13(11)15(17)10-22/h2-6,13,15,17-18,20,22H,7-10H2,1H3/b11-2+/t13-,15?,17?,18-/m0/s1. The number of hydrogen-bond acceptors (Lipinski definition) is 2. The highest BCUT2D eigenvalue weighted by atomic mass is 16.3. The van der Waals surface area contributed by atoms with Crippen LogP contribution in [0, 0.1) is 11.8 Å². The van der Waals surface area contributed by atoms with Crippen molar-refractivity contribution >= 4 is 10.9 Å². The third-order valence-corrected chi connectivity index (χ3v) is 6.33. The predicted molar refractivity (Wildman–Crippen MR) is 87.7 cm³/mol. The molecule has 0 radical (unpaired) electrons. The van der Waals surface area contributed by atoms with Gasteiger partial charge in [0.15, 0.2) is 0 Å². The number of nitrogens with one attached hydrogen (secondary N) is 1. The second-order valence-electron chi connectivity index (χ2n) is 7.07. The van der Waals surface area contributed by atoms with Crippen LogP contribution in [-0.2, 0) is 6.42 Å². The van der Waals surface area contributed by atoms with E-state index in [2.05, 4.69) is 47.1 Å². The summed E-state index contributed by atoms with van der Waals surface area (Å²) < 4.78 is 0. The molecule has 114 valence electrons. The average Bonchev–Trinajstić information content (AvgIpc) is 2.93. The van der Waals surface area contributed by atoms with Crippen LogP contribution >= 0.6 is 0 Å². The fourth-order valence-electron chi connectivity index (χ4n) is 5.32. The maximum Gasteiger partial charge on any atom is 0.0514 e. The quantitative estimate of drug-likeness (QED) is 0.794. The molecule has 0 saturated carbocycles. The van der Waals surface area contributed by atoms with Crippen molar-refractivity contribution < 1.29 is 5.11 Å². The van der Waals surface area contributed by atoms with Gasteiger partial charge in [-0.2, -0.15) is 0 Å². The SMILES string of the molecule is C/C=C1\CN2C3Cc4c([nH]c5ccccc45)[C@@H]2C[C@@H]1C3CO. The van der Waals surface area contributed by atoms with E-state index < -0.39 is 0 Å². The molecule has 1 aromatic heterocycles. The molecule has 3 saturated heterocycles. The maximum atomic E-state index is 9.99. The summed E-state index contributed by atoms with van der Waals surface area (Å²) in [4.78, 5) is 6.35. The smallest absolute Gasteiger partial charge is 0.0514 e. The fraction of sp³-hybridized carbons (Fsp3) is 0.474. The molecule has 6 rings (SSSR count). The molecule has 5 atom stereocenters. The molecule has 5 heterocycles.